The van der Waals surface area contributed by atoms with Gasteiger partial charge < -0.3 is 15.4 Å². The Morgan fingerprint density at radius 1 is 1.04 bits per heavy atom. The van der Waals surface area contributed by atoms with Gasteiger partial charge in [-0.1, -0.05) is 48.5 Å². The van der Waals surface area contributed by atoms with Crippen LogP contribution in [0.5, 0.6) is 0 Å². The molecule has 0 saturated heterocycles. The van der Waals surface area contributed by atoms with Gasteiger partial charge in [0, 0.05) is 5.70 Å². The summed E-state index contributed by atoms with van der Waals surface area (Å²) in [5, 5.41) is 5.11. The monoisotopic (exact) mass is 386 g/mol. The highest BCUT2D eigenvalue weighted by atomic mass is 32.2. The second-order valence-corrected chi connectivity index (χ2v) is 7.89. The molecule has 0 fully saturated rings. The van der Waals surface area contributed by atoms with Crippen LogP contribution in [0, 0.1) is 0 Å². The summed E-state index contributed by atoms with van der Waals surface area (Å²) in [6.07, 6.45) is 0. The Kier molecular flexibility index (Phi) is 5.27. The van der Waals surface area contributed by atoms with Gasteiger partial charge in [0.05, 0.1) is 29.4 Å². The molecule has 8 heteroatoms. The smallest absolute Gasteiger partial charge is 0.338 e. The van der Waals surface area contributed by atoms with Crippen LogP contribution in [-0.2, 0) is 19.4 Å². The Hall–Kier alpha value is -3.13. The summed E-state index contributed by atoms with van der Waals surface area (Å²) in [6, 6.07) is 15.2. The van der Waals surface area contributed by atoms with Gasteiger partial charge in [-0.15, -0.1) is 0 Å². The highest BCUT2D eigenvalue weighted by Crippen LogP contribution is 2.29. The predicted octanol–water partition coefficient (Wildman–Crippen LogP) is 1.94. The summed E-state index contributed by atoms with van der Waals surface area (Å²) in [5.41, 5.74) is 0.702. The van der Waals surface area contributed by atoms with Gasteiger partial charge in [0.15, 0.2) is 9.84 Å². The molecule has 27 heavy (non-hydrogen) atoms. The number of esters is 1. The first kappa shape index (κ1) is 18.7. The molecule has 1 atom stereocenters. The number of amides is 2. The molecule has 0 saturated carbocycles. The fourth-order valence-corrected chi connectivity index (χ4v) is 4.23. The van der Waals surface area contributed by atoms with E-state index >= 15 is 0 Å². The Bertz CT molecular complexity index is 985. The Balaban J connectivity index is 2.09. The molecule has 0 radical (unpaired) electrons. The minimum Gasteiger partial charge on any atom is -0.466 e. The summed E-state index contributed by atoms with van der Waals surface area (Å²) >= 11 is 0. The molecule has 0 aliphatic carbocycles. The molecule has 1 heterocycles. The first-order valence-corrected chi connectivity index (χ1v) is 9.79. The number of hydrogen-bond donors (Lipinski definition) is 2. The summed E-state index contributed by atoms with van der Waals surface area (Å²) in [5.74, 6) is -1.24. The van der Waals surface area contributed by atoms with Crippen molar-refractivity contribution in [1.82, 2.24) is 10.6 Å². The van der Waals surface area contributed by atoms with Gasteiger partial charge in [0.25, 0.3) is 0 Å². The molecule has 3 rings (SSSR count). The fourth-order valence-electron chi connectivity index (χ4n) is 2.88. The van der Waals surface area contributed by atoms with Crippen LogP contribution in [0.3, 0.4) is 0 Å². The van der Waals surface area contributed by atoms with E-state index in [1.54, 1.807) is 48.5 Å². The van der Waals surface area contributed by atoms with Crippen molar-refractivity contribution >= 4 is 21.8 Å². The molecule has 0 aromatic heterocycles. The fraction of sp³-hybridized carbons (Fsp3) is 0.158. The standard InChI is InChI=1S/C19H18N2O5S/c1-26-18(22)16-15(12-27(24,25)14-10-6-3-7-11-14)20-19(23)21-17(16)13-8-4-2-5-9-13/h2-11,17H,12H2,1H3,(H2,20,21,23)/t17-/m0/s1. The minimum atomic E-state index is -3.77. The molecule has 2 aromatic carbocycles. The van der Waals surface area contributed by atoms with Crippen LogP contribution in [0.25, 0.3) is 0 Å². The van der Waals surface area contributed by atoms with Crippen LogP contribution >= 0.6 is 0 Å². The first-order chi connectivity index (χ1) is 12.9. The Labute approximate surface area is 157 Å². The molecule has 1 aliphatic heterocycles. The summed E-state index contributed by atoms with van der Waals surface area (Å²) < 4.78 is 30.3. The van der Waals surface area contributed by atoms with E-state index in [0.29, 0.717) is 5.56 Å². The van der Waals surface area contributed by atoms with Crippen LogP contribution in [0.1, 0.15) is 11.6 Å². The zero-order valence-electron chi connectivity index (χ0n) is 14.5. The van der Waals surface area contributed by atoms with Crippen molar-refractivity contribution < 1.29 is 22.7 Å². The molecule has 2 aromatic rings. The number of urea groups is 1. The van der Waals surface area contributed by atoms with Gasteiger partial charge in [0.1, 0.15) is 0 Å². The number of carbonyl (C=O) groups excluding carboxylic acids is 2. The molecule has 2 N–H and O–H groups in total. The lowest BCUT2D eigenvalue weighted by atomic mass is 9.96. The van der Waals surface area contributed by atoms with Crippen LogP contribution in [0.4, 0.5) is 4.79 Å². The van der Waals surface area contributed by atoms with Crippen molar-refractivity contribution in [2.45, 2.75) is 10.9 Å². The quantitative estimate of drug-likeness (QED) is 0.765. The van der Waals surface area contributed by atoms with Crippen molar-refractivity contribution in [2.24, 2.45) is 0 Å². The van der Waals surface area contributed by atoms with Crippen molar-refractivity contribution in [3.63, 3.8) is 0 Å². The second-order valence-electron chi connectivity index (χ2n) is 5.90. The average molecular weight is 386 g/mol. The summed E-state index contributed by atoms with van der Waals surface area (Å²) in [6.45, 7) is 0. The normalized spacial score (nSPS) is 17.1. The molecule has 0 bridgehead atoms. The third-order valence-corrected chi connectivity index (χ3v) is 5.79. The van der Waals surface area contributed by atoms with Gasteiger partial charge in [0.2, 0.25) is 0 Å². The van der Waals surface area contributed by atoms with E-state index in [0.717, 1.165) is 0 Å². The van der Waals surface area contributed by atoms with E-state index < -0.39 is 33.6 Å². The van der Waals surface area contributed by atoms with E-state index in [9.17, 15) is 18.0 Å². The highest BCUT2D eigenvalue weighted by molar-refractivity contribution is 7.91. The van der Waals surface area contributed by atoms with Crippen molar-refractivity contribution in [3.8, 4) is 0 Å². The molecule has 140 valence electrons. The molecule has 1 aliphatic rings. The number of ether oxygens (including phenoxy) is 1. The number of rotatable bonds is 5. The molecule has 7 nitrogen and oxygen atoms in total. The number of hydrogen-bond acceptors (Lipinski definition) is 5. The number of carbonyl (C=O) groups is 2. The van der Waals surface area contributed by atoms with Gasteiger partial charge in [-0.2, -0.15) is 0 Å². The average Bonchev–Trinajstić information content (AvgIpc) is 2.68. The maximum absolute atomic E-state index is 12.7. The molecule has 0 unspecified atom stereocenters. The lowest BCUT2D eigenvalue weighted by molar-refractivity contribution is -0.136. The molecular formula is C19H18N2O5S. The lowest BCUT2D eigenvalue weighted by Gasteiger charge is -2.29. The lowest BCUT2D eigenvalue weighted by Crippen LogP contribution is -2.47. The van der Waals surface area contributed by atoms with Crippen LogP contribution < -0.4 is 10.6 Å². The third kappa shape index (κ3) is 4.01. The zero-order valence-corrected chi connectivity index (χ0v) is 15.3. The zero-order chi connectivity index (χ0) is 19.4. The van der Waals surface area contributed by atoms with Gasteiger partial charge in [-0.05, 0) is 17.7 Å². The van der Waals surface area contributed by atoms with E-state index in [2.05, 4.69) is 10.6 Å². The van der Waals surface area contributed by atoms with Crippen molar-refractivity contribution in [3.05, 3.63) is 77.5 Å². The first-order valence-electron chi connectivity index (χ1n) is 8.14. The predicted molar refractivity (Wildman–Crippen MR) is 98.4 cm³/mol. The number of nitrogens with one attached hydrogen (secondary N) is 2. The summed E-state index contributed by atoms with van der Waals surface area (Å²) in [4.78, 5) is 24.7. The number of benzene rings is 2. The number of sulfone groups is 1. The van der Waals surface area contributed by atoms with Gasteiger partial charge >= 0.3 is 12.0 Å². The largest absolute Gasteiger partial charge is 0.466 e. The Morgan fingerprint density at radius 3 is 2.22 bits per heavy atom. The van der Waals surface area contributed by atoms with E-state index in [1.807, 2.05) is 0 Å². The highest BCUT2D eigenvalue weighted by Gasteiger charge is 2.35. The maximum Gasteiger partial charge on any atom is 0.338 e. The number of methoxy groups -OCH3 is 1. The topological polar surface area (TPSA) is 102 Å². The Morgan fingerprint density at radius 2 is 1.63 bits per heavy atom. The molecule has 2 amide bonds. The van der Waals surface area contributed by atoms with Crippen LogP contribution in [0.15, 0.2) is 76.8 Å². The van der Waals surface area contributed by atoms with Crippen LogP contribution in [-0.4, -0.2) is 33.3 Å². The van der Waals surface area contributed by atoms with E-state index in [1.165, 1.54) is 19.2 Å². The van der Waals surface area contributed by atoms with Gasteiger partial charge in [-0.3, -0.25) is 0 Å². The summed E-state index contributed by atoms with van der Waals surface area (Å²) in [7, 11) is -2.57. The third-order valence-electron chi connectivity index (χ3n) is 4.13. The van der Waals surface area contributed by atoms with Crippen molar-refractivity contribution in [1.29, 1.82) is 0 Å². The van der Waals surface area contributed by atoms with Gasteiger partial charge in [-0.25, -0.2) is 18.0 Å². The molecule has 0 spiro atoms. The maximum atomic E-state index is 12.7. The molecular weight excluding hydrogens is 368 g/mol. The van der Waals surface area contributed by atoms with E-state index in [4.69, 9.17) is 4.74 Å². The van der Waals surface area contributed by atoms with E-state index in [-0.39, 0.29) is 16.2 Å². The minimum absolute atomic E-state index is 0.00306. The van der Waals surface area contributed by atoms with Crippen molar-refractivity contribution in [2.75, 3.05) is 12.9 Å². The second kappa shape index (κ2) is 7.63. The SMILES string of the molecule is COC(=O)C1=C(CS(=O)(=O)c2ccccc2)NC(=O)N[C@H]1c1ccccc1. The van der Waals surface area contributed by atoms with Crippen LogP contribution in [0.2, 0.25) is 0 Å².